The highest BCUT2D eigenvalue weighted by Crippen LogP contribution is 2.58. The lowest BCUT2D eigenvalue weighted by Crippen LogP contribution is -2.39. The van der Waals surface area contributed by atoms with Gasteiger partial charge in [-0.15, -0.1) is 0 Å². The first-order chi connectivity index (χ1) is 29.0. The highest BCUT2D eigenvalue weighted by atomic mass is 15.0. The van der Waals surface area contributed by atoms with Crippen LogP contribution < -0.4 is 16.2 Å². The van der Waals surface area contributed by atoms with Crippen LogP contribution in [0.25, 0.3) is 60.5 Å². The molecule has 3 heterocycles. The van der Waals surface area contributed by atoms with Crippen molar-refractivity contribution in [1.82, 2.24) is 4.57 Å². The summed E-state index contributed by atoms with van der Waals surface area (Å²) in [7, 11) is 0.846. The summed E-state index contributed by atoms with van der Waals surface area (Å²) >= 11 is 0. The van der Waals surface area contributed by atoms with Crippen LogP contribution in [0.2, 0.25) is 0 Å². The van der Waals surface area contributed by atoms with E-state index in [0.717, 1.165) is 13.0 Å². The third kappa shape index (κ3) is 4.17. The Kier molecular flexibility index (Phi) is 6.56. The van der Waals surface area contributed by atoms with E-state index >= 15 is 0 Å². The van der Waals surface area contributed by atoms with Crippen molar-refractivity contribution in [2.75, 3.05) is 5.32 Å². The van der Waals surface area contributed by atoms with Gasteiger partial charge in [0.05, 0.1) is 16.6 Å². The van der Waals surface area contributed by atoms with Gasteiger partial charge in [0.15, 0.2) is 7.28 Å². The summed E-state index contributed by atoms with van der Waals surface area (Å²) in [6, 6.07) is 70.5. The zero-order valence-corrected chi connectivity index (χ0v) is 33.1. The van der Waals surface area contributed by atoms with E-state index in [-0.39, 0.29) is 5.41 Å². The standard InChI is InChI=1S/C56H39BN2/c1-55(2)42-26-12-11-23-38(42)41-33-48-52(57-45-29-16-25-40-49-37-22-10-9-17-34(37)31-32-47(49)59(48)54(40)45)50(51(41)55)39-24-15-28-44-53(39)58-46-30-14-13-27-43(46)56(44,35-18-5-3-6-19-35)36-20-7-4-8-21-36/h3-33,57-58H,1-2H3. The summed E-state index contributed by atoms with van der Waals surface area (Å²) in [6.07, 6.45) is 0. The number of aromatic nitrogens is 1. The molecule has 3 aliphatic rings. The van der Waals surface area contributed by atoms with Gasteiger partial charge in [-0.1, -0.05) is 189 Å². The lowest BCUT2D eigenvalue weighted by molar-refractivity contribution is 0.662. The Morgan fingerprint density at radius 1 is 0.525 bits per heavy atom. The summed E-state index contributed by atoms with van der Waals surface area (Å²) in [4.78, 5) is 0. The molecule has 1 aromatic heterocycles. The van der Waals surface area contributed by atoms with Crippen LogP contribution in [-0.2, 0) is 10.8 Å². The summed E-state index contributed by atoms with van der Waals surface area (Å²) in [6.45, 7) is 4.88. The molecule has 1 N–H and O–H groups in total. The predicted octanol–water partition coefficient (Wildman–Crippen LogP) is 12.1. The maximum Gasteiger partial charge on any atom is 0.198 e. The van der Waals surface area contributed by atoms with Crippen LogP contribution in [0, 0.1) is 0 Å². The number of benzene rings is 9. The summed E-state index contributed by atoms with van der Waals surface area (Å²) in [5.41, 5.74) is 21.3. The second-order valence-electron chi connectivity index (χ2n) is 17.2. The summed E-state index contributed by atoms with van der Waals surface area (Å²) in [5.74, 6) is 0. The van der Waals surface area contributed by atoms with Crippen molar-refractivity contribution in [3.8, 4) is 27.9 Å². The average Bonchev–Trinajstić information content (AvgIpc) is 3.75. The number of rotatable bonds is 3. The van der Waals surface area contributed by atoms with Crippen molar-refractivity contribution in [1.29, 1.82) is 0 Å². The molecule has 0 fully saturated rings. The molecule has 2 aliphatic heterocycles. The van der Waals surface area contributed by atoms with Crippen molar-refractivity contribution in [3.05, 3.63) is 221 Å². The van der Waals surface area contributed by atoms with E-state index in [9.17, 15) is 0 Å². The van der Waals surface area contributed by atoms with E-state index < -0.39 is 5.41 Å². The van der Waals surface area contributed by atoms with Crippen LogP contribution in [0.3, 0.4) is 0 Å². The maximum atomic E-state index is 4.13. The van der Waals surface area contributed by atoms with Crippen molar-refractivity contribution in [2.45, 2.75) is 24.7 Å². The second-order valence-corrected chi connectivity index (χ2v) is 17.2. The molecule has 276 valence electrons. The van der Waals surface area contributed by atoms with E-state index in [1.54, 1.807) is 0 Å². The smallest absolute Gasteiger partial charge is 0.198 e. The van der Waals surface area contributed by atoms with Gasteiger partial charge in [0.25, 0.3) is 0 Å². The molecular weight excluding hydrogens is 711 g/mol. The molecule has 3 heteroatoms. The first kappa shape index (κ1) is 32.9. The molecule has 0 saturated carbocycles. The average molecular weight is 751 g/mol. The number of hydrogen-bond acceptors (Lipinski definition) is 1. The van der Waals surface area contributed by atoms with E-state index in [0.29, 0.717) is 0 Å². The molecule has 1 aliphatic carbocycles. The highest BCUT2D eigenvalue weighted by molar-refractivity contribution is 6.73. The van der Waals surface area contributed by atoms with E-state index in [1.807, 2.05) is 0 Å². The van der Waals surface area contributed by atoms with Crippen LogP contribution in [0.15, 0.2) is 188 Å². The highest BCUT2D eigenvalue weighted by Gasteiger charge is 2.46. The van der Waals surface area contributed by atoms with Gasteiger partial charge in [0, 0.05) is 38.6 Å². The molecule has 0 atom stereocenters. The topological polar surface area (TPSA) is 17.0 Å². The van der Waals surface area contributed by atoms with E-state index in [1.165, 1.54) is 111 Å². The minimum Gasteiger partial charge on any atom is -0.354 e. The molecule has 13 rings (SSSR count). The van der Waals surface area contributed by atoms with Crippen molar-refractivity contribution in [2.24, 2.45) is 0 Å². The van der Waals surface area contributed by atoms with Crippen LogP contribution in [0.4, 0.5) is 11.4 Å². The maximum absolute atomic E-state index is 4.13. The third-order valence-corrected chi connectivity index (χ3v) is 14.0. The number of nitrogens with one attached hydrogen (secondary N) is 1. The number of anilines is 2. The Hall–Kier alpha value is -7.10. The SMILES string of the molecule is CC1(C)c2ccccc2-c2cc3c(c(-c4cccc5c4Nc4ccccc4C5(c4ccccc4)c4ccccc4)c21)Bc1cccc2c4c5ccccc5ccc4n-3c12. The molecule has 0 saturated heterocycles. The minimum absolute atomic E-state index is 0.233. The minimum atomic E-state index is -0.553. The first-order valence-electron chi connectivity index (χ1n) is 20.9. The van der Waals surface area contributed by atoms with Gasteiger partial charge in [0.2, 0.25) is 0 Å². The zero-order valence-electron chi connectivity index (χ0n) is 33.1. The fraction of sp³-hybridized carbons (Fsp3) is 0.0714. The van der Waals surface area contributed by atoms with Gasteiger partial charge in [0.1, 0.15) is 0 Å². The molecule has 0 spiro atoms. The Balaban J connectivity index is 1.20. The van der Waals surface area contributed by atoms with Crippen LogP contribution in [0.1, 0.15) is 47.2 Å². The van der Waals surface area contributed by atoms with Gasteiger partial charge < -0.3 is 9.88 Å². The van der Waals surface area contributed by atoms with Crippen molar-refractivity contribution >= 4 is 62.2 Å². The molecule has 59 heavy (non-hydrogen) atoms. The van der Waals surface area contributed by atoms with Crippen LogP contribution in [-0.4, -0.2) is 11.8 Å². The van der Waals surface area contributed by atoms with E-state index in [4.69, 9.17) is 0 Å². The van der Waals surface area contributed by atoms with Gasteiger partial charge >= 0.3 is 0 Å². The van der Waals surface area contributed by atoms with Crippen molar-refractivity contribution in [3.63, 3.8) is 0 Å². The predicted molar refractivity (Wildman–Crippen MR) is 249 cm³/mol. The third-order valence-electron chi connectivity index (χ3n) is 14.0. The summed E-state index contributed by atoms with van der Waals surface area (Å²) < 4.78 is 2.61. The number of hydrogen-bond donors (Lipinski definition) is 1. The molecule has 0 unspecified atom stereocenters. The second kappa shape index (κ2) is 11.7. The van der Waals surface area contributed by atoms with Crippen LogP contribution >= 0.6 is 0 Å². The van der Waals surface area contributed by atoms with Gasteiger partial charge in [-0.2, -0.15) is 0 Å². The monoisotopic (exact) mass is 750 g/mol. The quantitative estimate of drug-likeness (QED) is 0.178. The lowest BCUT2D eigenvalue weighted by Gasteiger charge is -2.43. The Morgan fingerprint density at radius 2 is 1.17 bits per heavy atom. The van der Waals surface area contributed by atoms with Crippen molar-refractivity contribution < 1.29 is 0 Å². The largest absolute Gasteiger partial charge is 0.354 e. The molecule has 0 bridgehead atoms. The van der Waals surface area contributed by atoms with Gasteiger partial charge in [-0.3, -0.25) is 0 Å². The summed E-state index contributed by atoms with van der Waals surface area (Å²) in [5, 5.41) is 9.37. The van der Waals surface area contributed by atoms with Gasteiger partial charge in [-0.05, 0) is 84.5 Å². The fourth-order valence-electron chi connectivity index (χ4n) is 11.7. The lowest BCUT2D eigenvalue weighted by atomic mass is 9.57. The van der Waals surface area contributed by atoms with Crippen LogP contribution in [0.5, 0.6) is 0 Å². The Labute approximate surface area is 344 Å². The Bertz CT molecular complexity index is 3370. The molecular formula is C56H39BN2. The van der Waals surface area contributed by atoms with E-state index in [2.05, 4.69) is 212 Å². The van der Waals surface area contributed by atoms with Gasteiger partial charge in [-0.25, -0.2) is 0 Å². The first-order valence-corrected chi connectivity index (χ1v) is 20.9. The zero-order chi connectivity index (χ0) is 39.0. The number of para-hydroxylation sites is 3. The molecule has 2 nitrogen and oxygen atoms in total. The number of fused-ring (bicyclic) bond motifs is 12. The molecule has 9 aromatic carbocycles. The molecule has 0 amide bonds. The normalized spacial score (nSPS) is 14.8. The Morgan fingerprint density at radius 3 is 1.98 bits per heavy atom. The molecule has 10 aromatic rings. The number of nitrogens with zero attached hydrogens (tertiary/aromatic N) is 1. The fourth-order valence-corrected chi connectivity index (χ4v) is 11.7. The molecule has 0 radical (unpaired) electrons.